The number of aliphatic hydroxyl groups excluding tert-OH is 1. The van der Waals surface area contributed by atoms with Crippen molar-refractivity contribution in [1.82, 2.24) is 5.32 Å². The maximum Gasteiger partial charge on any atom is 0.127 e. The molecule has 1 atom stereocenters. The molecule has 0 bridgehead atoms. The number of benzene rings is 2. The van der Waals surface area contributed by atoms with Gasteiger partial charge in [0.2, 0.25) is 0 Å². The third kappa shape index (κ3) is 4.66. The molecule has 2 N–H and O–H groups in total. The van der Waals surface area contributed by atoms with Gasteiger partial charge >= 0.3 is 0 Å². The minimum absolute atomic E-state index is 0.0184. The largest absolute Gasteiger partial charge is 0.496 e. The van der Waals surface area contributed by atoms with Gasteiger partial charge in [0.15, 0.2) is 0 Å². The molecule has 0 aromatic heterocycles. The van der Waals surface area contributed by atoms with E-state index in [0.717, 1.165) is 11.3 Å². The van der Waals surface area contributed by atoms with E-state index in [4.69, 9.17) is 4.74 Å². The van der Waals surface area contributed by atoms with Gasteiger partial charge in [0.05, 0.1) is 7.11 Å². The molecule has 0 saturated carbocycles. The SMILES string of the molecule is COc1c(CNC(c2ccccc2)C(C)(C)CO)cccc1C(C)(C)C. The Hall–Kier alpha value is -1.84. The maximum atomic E-state index is 9.91. The Morgan fingerprint density at radius 2 is 1.62 bits per heavy atom. The quantitative estimate of drug-likeness (QED) is 0.746. The zero-order chi connectivity index (χ0) is 19.4. The summed E-state index contributed by atoms with van der Waals surface area (Å²) in [6.07, 6.45) is 0. The first-order valence-electron chi connectivity index (χ1n) is 9.26. The highest BCUT2D eigenvalue weighted by Crippen LogP contribution is 2.36. The predicted octanol–water partition coefficient (Wildman–Crippen LogP) is 4.84. The second-order valence-corrected chi connectivity index (χ2v) is 8.62. The first kappa shape index (κ1) is 20.5. The van der Waals surface area contributed by atoms with Crippen LogP contribution >= 0.6 is 0 Å². The molecule has 3 heteroatoms. The normalized spacial score (nSPS) is 13.5. The fourth-order valence-electron chi connectivity index (χ4n) is 3.35. The summed E-state index contributed by atoms with van der Waals surface area (Å²) in [5.41, 5.74) is 3.25. The second-order valence-electron chi connectivity index (χ2n) is 8.62. The number of hydrogen-bond acceptors (Lipinski definition) is 3. The van der Waals surface area contributed by atoms with E-state index in [2.05, 4.69) is 70.3 Å². The van der Waals surface area contributed by atoms with Crippen molar-refractivity contribution in [2.45, 2.75) is 52.6 Å². The first-order valence-corrected chi connectivity index (χ1v) is 9.26. The number of ether oxygens (including phenoxy) is 1. The molecule has 0 amide bonds. The van der Waals surface area contributed by atoms with Crippen molar-refractivity contribution < 1.29 is 9.84 Å². The van der Waals surface area contributed by atoms with Gasteiger partial charge in [-0.2, -0.15) is 0 Å². The average Bonchev–Trinajstić information content (AvgIpc) is 2.61. The number of hydrogen-bond donors (Lipinski definition) is 2. The van der Waals surface area contributed by atoms with Crippen molar-refractivity contribution in [2.24, 2.45) is 5.41 Å². The van der Waals surface area contributed by atoms with Crippen LogP contribution in [-0.4, -0.2) is 18.8 Å². The highest BCUT2D eigenvalue weighted by atomic mass is 16.5. The van der Waals surface area contributed by atoms with E-state index in [0.29, 0.717) is 6.54 Å². The van der Waals surface area contributed by atoms with E-state index in [1.165, 1.54) is 11.1 Å². The summed E-state index contributed by atoms with van der Waals surface area (Å²) < 4.78 is 5.76. The van der Waals surface area contributed by atoms with Crippen LogP contribution in [0.15, 0.2) is 48.5 Å². The average molecular weight is 356 g/mol. The van der Waals surface area contributed by atoms with Crippen LogP contribution in [0.5, 0.6) is 5.75 Å². The number of rotatable bonds is 7. The fourth-order valence-corrected chi connectivity index (χ4v) is 3.35. The molecule has 0 spiro atoms. The third-order valence-corrected chi connectivity index (χ3v) is 4.93. The molecule has 0 aliphatic rings. The lowest BCUT2D eigenvalue weighted by molar-refractivity contribution is 0.114. The molecule has 0 heterocycles. The van der Waals surface area contributed by atoms with Gasteiger partial charge in [-0.25, -0.2) is 0 Å². The van der Waals surface area contributed by atoms with Crippen molar-refractivity contribution in [3.8, 4) is 5.75 Å². The monoisotopic (exact) mass is 355 g/mol. The summed E-state index contributed by atoms with van der Waals surface area (Å²) in [5, 5.41) is 13.6. The molecule has 0 fully saturated rings. The molecule has 3 nitrogen and oxygen atoms in total. The number of nitrogens with one attached hydrogen (secondary N) is 1. The smallest absolute Gasteiger partial charge is 0.127 e. The van der Waals surface area contributed by atoms with Gasteiger partial charge in [-0.05, 0) is 16.5 Å². The zero-order valence-corrected chi connectivity index (χ0v) is 17.0. The van der Waals surface area contributed by atoms with E-state index < -0.39 is 0 Å². The van der Waals surface area contributed by atoms with E-state index in [1.807, 2.05) is 18.2 Å². The van der Waals surface area contributed by atoms with Crippen LogP contribution in [0, 0.1) is 5.41 Å². The van der Waals surface area contributed by atoms with Crippen LogP contribution in [-0.2, 0) is 12.0 Å². The highest BCUT2D eigenvalue weighted by molar-refractivity contribution is 5.45. The van der Waals surface area contributed by atoms with E-state index in [-0.39, 0.29) is 23.5 Å². The maximum absolute atomic E-state index is 9.91. The fraction of sp³-hybridized carbons (Fsp3) is 0.478. The van der Waals surface area contributed by atoms with E-state index >= 15 is 0 Å². The molecular formula is C23H33NO2. The topological polar surface area (TPSA) is 41.5 Å². The summed E-state index contributed by atoms with van der Waals surface area (Å²) in [6, 6.07) is 16.7. The van der Waals surface area contributed by atoms with Gasteiger partial charge in [0, 0.05) is 30.2 Å². The summed E-state index contributed by atoms with van der Waals surface area (Å²) in [5.74, 6) is 0.945. The van der Waals surface area contributed by atoms with Gasteiger partial charge in [0.1, 0.15) is 5.75 Å². The minimum Gasteiger partial charge on any atom is -0.496 e. The van der Waals surface area contributed by atoms with Crippen molar-refractivity contribution in [1.29, 1.82) is 0 Å². The molecule has 2 rings (SSSR count). The summed E-state index contributed by atoms with van der Waals surface area (Å²) in [4.78, 5) is 0. The first-order chi connectivity index (χ1) is 12.2. The van der Waals surface area contributed by atoms with Crippen LogP contribution in [0.2, 0.25) is 0 Å². The van der Waals surface area contributed by atoms with Crippen LogP contribution in [0.3, 0.4) is 0 Å². The van der Waals surface area contributed by atoms with Crippen LogP contribution in [0.4, 0.5) is 0 Å². The molecule has 0 aliphatic heterocycles. The number of methoxy groups -OCH3 is 1. The molecule has 2 aromatic carbocycles. The lowest BCUT2D eigenvalue weighted by Gasteiger charge is -2.34. The molecule has 0 aliphatic carbocycles. The van der Waals surface area contributed by atoms with Gasteiger partial charge in [-0.1, -0.05) is 83.1 Å². The standard InChI is InChI=1S/C23H33NO2/c1-22(2,3)19-14-10-13-18(20(19)26-6)15-24-21(23(4,5)16-25)17-11-8-7-9-12-17/h7-14,21,24-25H,15-16H2,1-6H3. The third-order valence-electron chi connectivity index (χ3n) is 4.93. The Kier molecular flexibility index (Phi) is 6.48. The Bertz CT molecular complexity index is 702. The molecule has 0 saturated heterocycles. The van der Waals surface area contributed by atoms with Gasteiger partial charge < -0.3 is 15.2 Å². The van der Waals surface area contributed by atoms with E-state index in [1.54, 1.807) is 7.11 Å². The van der Waals surface area contributed by atoms with Gasteiger partial charge in [-0.15, -0.1) is 0 Å². The van der Waals surface area contributed by atoms with Crippen molar-refractivity contribution in [3.63, 3.8) is 0 Å². The lowest BCUT2D eigenvalue weighted by Crippen LogP contribution is -2.36. The Labute approximate surface area is 158 Å². The number of para-hydroxylation sites is 1. The molecule has 2 aromatic rings. The Balaban J connectivity index is 2.32. The van der Waals surface area contributed by atoms with E-state index in [9.17, 15) is 5.11 Å². The summed E-state index contributed by atoms with van der Waals surface area (Å²) in [7, 11) is 1.74. The molecular weight excluding hydrogens is 322 g/mol. The molecule has 142 valence electrons. The molecule has 1 unspecified atom stereocenters. The van der Waals surface area contributed by atoms with Gasteiger partial charge in [-0.3, -0.25) is 0 Å². The number of aliphatic hydroxyl groups is 1. The molecule has 0 radical (unpaired) electrons. The predicted molar refractivity (Wildman–Crippen MR) is 109 cm³/mol. The zero-order valence-electron chi connectivity index (χ0n) is 17.0. The van der Waals surface area contributed by atoms with Crippen molar-refractivity contribution >= 4 is 0 Å². The lowest BCUT2D eigenvalue weighted by atomic mass is 9.81. The van der Waals surface area contributed by atoms with Crippen LogP contribution in [0.25, 0.3) is 0 Å². The highest BCUT2D eigenvalue weighted by Gasteiger charge is 2.30. The van der Waals surface area contributed by atoms with Crippen LogP contribution in [0.1, 0.15) is 57.4 Å². The van der Waals surface area contributed by atoms with Crippen molar-refractivity contribution in [3.05, 3.63) is 65.2 Å². The van der Waals surface area contributed by atoms with Crippen LogP contribution < -0.4 is 10.1 Å². The Morgan fingerprint density at radius 3 is 2.15 bits per heavy atom. The Morgan fingerprint density at radius 1 is 0.962 bits per heavy atom. The minimum atomic E-state index is -0.282. The van der Waals surface area contributed by atoms with Crippen molar-refractivity contribution in [2.75, 3.05) is 13.7 Å². The summed E-state index contributed by atoms with van der Waals surface area (Å²) >= 11 is 0. The summed E-state index contributed by atoms with van der Waals surface area (Å²) in [6.45, 7) is 11.5. The molecule has 26 heavy (non-hydrogen) atoms. The van der Waals surface area contributed by atoms with Gasteiger partial charge in [0.25, 0.3) is 0 Å². The second kappa shape index (κ2) is 8.24.